The van der Waals surface area contributed by atoms with Crippen molar-refractivity contribution in [1.29, 1.82) is 0 Å². The molecule has 0 spiro atoms. The highest BCUT2D eigenvalue weighted by Crippen LogP contribution is 2.35. The fourth-order valence-electron chi connectivity index (χ4n) is 2.13. The van der Waals surface area contributed by atoms with E-state index in [4.69, 9.17) is 19.0 Å². The number of aliphatic hydroxyl groups is 2. The van der Waals surface area contributed by atoms with Crippen LogP contribution < -0.4 is 15.1 Å². The second-order valence-electron chi connectivity index (χ2n) is 5.48. The molecule has 0 saturated heterocycles. The lowest BCUT2D eigenvalue weighted by atomic mass is 10.2. The van der Waals surface area contributed by atoms with Crippen LogP contribution >= 0.6 is 0 Å². The summed E-state index contributed by atoms with van der Waals surface area (Å²) in [7, 11) is 0. The summed E-state index contributed by atoms with van der Waals surface area (Å²) in [6, 6.07) is 4.68. The second kappa shape index (κ2) is 9.10. The lowest BCUT2D eigenvalue weighted by molar-refractivity contribution is 0.0537. The number of fused-ring (bicyclic) bond motifs is 1. The molecule has 2 aromatic rings. The minimum atomic E-state index is -1.06. The first-order chi connectivity index (χ1) is 12.1. The highest BCUT2D eigenvalue weighted by atomic mass is 16.5. The van der Waals surface area contributed by atoms with Crippen molar-refractivity contribution in [2.45, 2.75) is 32.3 Å². The Kier molecular flexibility index (Phi) is 6.85. The van der Waals surface area contributed by atoms with Gasteiger partial charge >= 0.3 is 5.63 Å². The number of allylic oxidation sites excluding steroid dienone is 1. The molecule has 3 N–H and O–H groups in total. The van der Waals surface area contributed by atoms with E-state index in [0.717, 1.165) is 19.3 Å². The maximum atomic E-state index is 12.1. The van der Waals surface area contributed by atoms with E-state index in [2.05, 4.69) is 6.92 Å². The van der Waals surface area contributed by atoms with E-state index in [-0.39, 0.29) is 34.8 Å². The summed E-state index contributed by atoms with van der Waals surface area (Å²) in [5.41, 5.74) is -0.804. The molecule has 1 atom stereocenters. The summed E-state index contributed by atoms with van der Waals surface area (Å²) >= 11 is 0. The first-order valence-corrected chi connectivity index (χ1v) is 8.10. The van der Waals surface area contributed by atoms with Crippen molar-refractivity contribution in [2.75, 3.05) is 13.2 Å². The number of hydrogen-bond donors (Lipinski definition) is 3. The summed E-state index contributed by atoms with van der Waals surface area (Å²) in [6.07, 6.45) is 4.90. The van der Waals surface area contributed by atoms with Gasteiger partial charge in [-0.1, -0.05) is 19.4 Å². The molecule has 0 amide bonds. The van der Waals surface area contributed by atoms with Crippen LogP contribution in [-0.2, 0) is 0 Å². The number of para-hydroxylation sites is 1. The Hall–Kier alpha value is -2.51. The van der Waals surface area contributed by atoms with Crippen LogP contribution in [-0.4, -0.2) is 34.6 Å². The van der Waals surface area contributed by atoms with Gasteiger partial charge in [0.25, 0.3) is 5.75 Å². The third-order valence-corrected chi connectivity index (χ3v) is 3.48. The van der Waals surface area contributed by atoms with Crippen molar-refractivity contribution in [1.82, 2.24) is 0 Å². The minimum absolute atomic E-state index is 0.0393. The first kappa shape index (κ1) is 18.8. The Morgan fingerprint density at radius 2 is 2.16 bits per heavy atom. The Morgan fingerprint density at radius 3 is 2.88 bits per heavy atom. The number of aliphatic hydroxyl groups excluding tert-OH is 2. The van der Waals surface area contributed by atoms with Gasteiger partial charge in [0.05, 0.1) is 18.3 Å². The van der Waals surface area contributed by atoms with Gasteiger partial charge in [0.1, 0.15) is 12.7 Å². The zero-order chi connectivity index (χ0) is 18.2. The van der Waals surface area contributed by atoms with Gasteiger partial charge in [0, 0.05) is 0 Å². The zero-order valence-electron chi connectivity index (χ0n) is 14.0. The Morgan fingerprint density at radius 1 is 1.36 bits per heavy atom. The first-order valence-electron chi connectivity index (χ1n) is 8.10. The molecule has 1 aromatic heterocycles. The number of aromatic hydroxyl groups is 1. The van der Waals surface area contributed by atoms with Crippen LogP contribution in [0.3, 0.4) is 0 Å². The monoisotopic (exact) mass is 350 g/mol. The van der Waals surface area contributed by atoms with Crippen LogP contribution in [0.25, 0.3) is 11.0 Å². The lowest BCUT2D eigenvalue weighted by Gasteiger charge is -2.12. The summed E-state index contributed by atoms with van der Waals surface area (Å²) in [4.78, 5) is 12.1. The molecule has 0 saturated carbocycles. The molecular formula is C18H22O7. The van der Waals surface area contributed by atoms with E-state index >= 15 is 0 Å². The molecule has 0 fully saturated rings. The van der Waals surface area contributed by atoms with Crippen molar-refractivity contribution < 1.29 is 29.2 Å². The number of unbranched alkanes of at least 4 members (excludes halogenated alkanes) is 2. The molecule has 0 aliphatic carbocycles. The van der Waals surface area contributed by atoms with Crippen molar-refractivity contribution in [3.63, 3.8) is 0 Å². The predicted molar refractivity (Wildman–Crippen MR) is 92.0 cm³/mol. The number of rotatable bonds is 9. The molecule has 1 unspecified atom stereocenters. The predicted octanol–water partition coefficient (Wildman–Crippen LogP) is 2.31. The smallest absolute Gasteiger partial charge is 0.383 e. The second-order valence-corrected chi connectivity index (χ2v) is 5.48. The average Bonchev–Trinajstić information content (AvgIpc) is 2.62. The number of hydrogen-bond acceptors (Lipinski definition) is 7. The highest BCUT2D eigenvalue weighted by molar-refractivity contribution is 5.89. The van der Waals surface area contributed by atoms with Crippen molar-refractivity contribution in [3.05, 3.63) is 41.0 Å². The molecule has 0 aliphatic rings. The quantitative estimate of drug-likeness (QED) is 0.362. The maximum Gasteiger partial charge on any atom is 0.383 e. The molecule has 0 radical (unpaired) electrons. The standard InChI is InChI=1S/C18H22O7/c1-2-3-4-5-9-23-17-15(21)13-7-6-8-14(16(13)25-18(17)22)24-11-12(20)10-19/h5-9,12,19-21H,2-4,10-11H2,1H3/b9-5+. The minimum Gasteiger partial charge on any atom is -0.504 e. The van der Waals surface area contributed by atoms with Crippen molar-refractivity contribution in [2.24, 2.45) is 0 Å². The van der Waals surface area contributed by atoms with E-state index in [1.807, 2.05) is 0 Å². The molecule has 2 rings (SSSR count). The molecular weight excluding hydrogens is 328 g/mol. The van der Waals surface area contributed by atoms with Gasteiger partial charge < -0.3 is 29.2 Å². The normalized spacial score (nSPS) is 12.6. The van der Waals surface area contributed by atoms with E-state index in [1.54, 1.807) is 18.2 Å². The summed E-state index contributed by atoms with van der Waals surface area (Å²) in [5.74, 6) is -0.477. The van der Waals surface area contributed by atoms with Crippen LogP contribution in [0.1, 0.15) is 26.2 Å². The lowest BCUT2D eigenvalue weighted by Crippen LogP contribution is -2.21. The van der Waals surface area contributed by atoms with Crippen LogP contribution in [0.2, 0.25) is 0 Å². The van der Waals surface area contributed by atoms with E-state index in [1.165, 1.54) is 12.3 Å². The van der Waals surface area contributed by atoms with E-state index in [9.17, 15) is 15.0 Å². The average molecular weight is 350 g/mol. The SMILES string of the molecule is CCCC/C=C/Oc1c(O)c2cccc(OCC(O)CO)c2oc1=O. The largest absolute Gasteiger partial charge is 0.504 e. The fraction of sp³-hybridized carbons (Fsp3) is 0.389. The molecule has 1 aromatic carbocycles. The van der Waals surface area contributed by atoms with Gasteiger partial charge in [-0.2, -0.15) is 0 Å². The summed E-state index contributed by atoms with van der Waals surface area (Å²) in [6.45, 7) is 1.43. The molecule has 0 bridgehead atoms. The Labute approximate surface area is 144 Å². The molecule has 0 aliphatic heterocycles. The molecule has 7 nitrogen and oxygen atoms in total. The van der Waals surface area contributed by atoms with Gasteiger partial charge in [-0.05, 0) is 31.1 Å². The zero-order valence-corrected chi connectivity index (χ0v) is 14.0. The van der Waals surface area contributed by atoms with Gasteiger partial charge in [0.2, 0.25) is 0 Å². The van der Waals surface area contributed by atoms with E-state index in [0.29, 0.717) is 0 Å². The Bertz CT molecular complexity index is 779. The van der Waals surface area contributed by atoms with Gasteiger partial charge in [-0.15, -0.1) is 0 Å². The highest BCUT2D eigenvalue weighted by Gasteiger charge is 2.18. The Balaban J connectivity index is 2.30. The summed E-state index contributed by atoms with van der Waals surface area (Å²) < 4.78 is 15.8. The van der Waals surface area contributed by atoms with Crippen LogP contribution in [0.4, 0.5) is 0 Å². The number of ether oxygens (including phenoxy) is 2. The molecule has 1 heterocycles. The topological polar surface area (TPSA) is 109 Å². The third-order valence-electron chi connectivity index (χ3n) is 3.48. The van der Waals surface area contributed by atoms with Crippen LogP contribution in [0.5, 0.6) is 17.2 Å². The number of benzene rings is 1. The molecule has 25 heavy (non-hydrogen) atoms. The fourth-order valence-corrected chi connectivity index (χ4v) is 2.13. The third kappa shape index (κ3) is 4.74. The molecule has 7 heteroatoms. The van der Waals surface area contributed by atoms with Crippen LogP contribution in [0, 0.1) is 0 Å². The van der Waals surface area contributed by atoms with Crippen molar-refractivity contribution >= 4 is 11.0 Å². The van der Waals surface area contributed by atoms with Gasteiger partial charge in [-0.25, -0.2) is 4.79 Å². The van der Waals surface area contributed by atoms with E-state index < -0.39 is 18.3 Å². The summed E-state index contributed by atoms with van der Waals surface area (Å²) in [5, 5.41) is 28.7. The van der Waals surface area contributed by atoms with Gasteiger partial charge in [0.15, 0.2) is 17.1 Å². The molecule has 136 valence electrons. The van der Waals surface area contributed by atoms with Gasteiger partial charge in [-0.3, -0.25) is 0 Å². The maximum absolute atomic E-state index is 12.1. The van der Waals surface area contributed by atoms with Crippen LogP contribution in [0.15, 0.2) is 39.7 Å². The van der Waals surface area contributed by atoms with Crippen molar-refractivity contribution in [3.8, 4) is 17.2 Å².